The van der Waals surface area contributed by atoms with E-state index < -0.39 is 5.82 Å². The predicted molar refractivity (Wildman–Crippen MR) is 141 cm³/mol. The number of nitrogens with two attached hydrogens (primary N) is 1. The van der Waals surface area contributed by atoms with Gasteiger partial charge in [0.25, 0.3) is 0 Å². The molecule has 0 atom stereocenters. The van der Waals surface area contributed by atoms with Crippen LogP contribution in [0.25, 0.3) is 33.3 Å². The predicted octanol–water partition coefficient (Wildman–Crippen LogP) is 6.22. The van der Waals surface area contributed by atoms with Gasteiger partial charge < -0.3 is 15.7 Å². The van der Waals surface area contributed by atoms with E-state index in [1.165, 1.54) is 6.07 Å². The van der Waals surface area contributed by atoms with Gasteiger partial charge in [0.05, 0.1) is 21.8 Å². The molecule has 36 heavy (non-hydrogen) atoms. The SMILES string of the molecule is Cc1cc(Cl)cc(-c2nnc3cc(Cl)c(-c4cc(F)cc(C#N)c4O)cc3c2N2CCC(N)CC2)c1. The van der Waals surface area contributed by atoms with Crippen molar-refractivity contribution in [1.82, 2.24) is 10.2 Å². The van der Waals surface area contributed by atoms with Crippen LogP contribution >= 0.6 is 23.2 Å². The lowest BCUT2D eigenvalue weighted by molar-refractivity contribution is 0.473. The Hall–Kier alpha value is -3.44. The number of aryl methyl sites for hydroxylation is 1. The Labute approximate surface area is 217 Å². The molecular weight excluding hydrogens is 500 g/mol. The normalized spacial score (nSPS) is 14.3. The first-order valence-electron chi connectivity index (χ1n) is 11.5. The van der Waals surface area contributed by atoms with Gasteiger partial charge in [0.15, 0.2) is 0 Å². The molecule has 1 fully saturated rings. The van der Waals surface area contributed by atoms with Crippen LogP contribution in [0.3, 0.4) is 0 Å². The Morgan fingerprint density at radius 1 is 1.06 bits per heavy atom. The highest BCUT2D eigenvalue weighted by Crippen LogP contribution is 2.43. The van der Waals surface area contributed by atoms with Crippen molar-refractivity contribution in [1.29, 1.82) is 5.26 Å². The number of fused-ring (bicyclic) bond motifs is 1. The van der Waals surface area contributed by atoms with Gasteiger partial charge in [0, 0.05) is 46.2 Å². The van der Waals surface area contributed by atoms with Gasteiger partial charge >= 0.3 is 0 Å². The first kappa shape index (κ1) is 24.3. The number of rotatable bonds is 3. The van der Waals surface area contributed by atoms with Crippen molar-refractivity contribution in [3.05, 3.63) is 69.5 Å². The number of aromatic nitrogens is 2. The lowest BCUT2D eigenvalue weighted by Crippen LogP contribution is -2.40. The maximum absolute atomic E-state index is 14.3. The van der Waals surface area contributed by atoms with Crippen molar-refractivity contribution in [2.75, 3.05) is 18.0 Å². The first-order valence-corrected chi connectivity index (χ1v) is 12.2. The smallest absolute Gasteiger partial charge is 0.141 e. The molecule has 0 amide bonds. The highest BCUT2D eigenvalue weighted by molar-refractivity contribution is 6.34. The van der Waals surface area contributed by atoms with E-state index in [9.17, 15) is 14.8 Å². The molecule has 1 aromatic heterocycles. The summed E-state index contributed by atoms with van der Waals surface area (Å²) in [7, 11) is 0. The van der Waals surface area contributed by atoms with Gasteiger partial charge in [-0.25, -0.2) is 4.39 Å². The van der Waals surface area contributed by atoms with Crippen LogP contribution in [-0.4, -0.2) is 34.4 Å². The summed E-state index contributed by atoms with van der Waals surface area (Å²) in [5.41, 5.74) is 10.3. The number of nitrogens with zero attached hydrogens (tertiary/aromatic N) is 4. The number of anilines is 1. The standard InChI is InChI=1S/C27H22Cl2FN5O/c1-14-6-15(8-17(28)7-14)25-26(35-4-2-19(32)3-5-35)22-11-20(23(29)12-24(22)33-34-25)21-10-18(30)9-16(13-31)27(21)36/h6-12,19,36H,2-5,32H2,1H3. The molecular formula is C27H22Cl2FN5O. The summed E-state index contributed by atoms with van der Waals surface area (Å²) >= 11 is 13.0. The molecule has 9 heteroatoms. The quantitative estimate of drug-likeness (QED) is 0.331. The lowest BCUT2D eigenvalue weighted by Gasteiger charge is -2.33. The van der Waals surface area contributed by atoms with E-state index in [1.807, 2.05) is 31.2 Å². The van der Waals surface area contributed by atoms with Gasteiger partial charge in [-0.15, -0.1) is 10.2 Å². The Morgan fingerprint density at radius 2 is 1.81 bits per heavy atom. The monoisotopic (exact) mass is 521 g/mol. The van der Waals surface area contributed by atoms with Crippen molar-refractivity contribution in [2.24, 2.45) is 5.73 Å². The third-order valence-electron chi connectivity index (χ3n) is 6.48. The highest BCUT2D eigenvalue weighted by Gasteiger charge is 2.25. The average molecular weight is 522 g/mol. The van der Waals surface area contributed by atoms with Crippen molar-refractivity contribution >= 4 is 39.8 Å². The Balaban J connectivity index is 1.81. The zero-order valence-electron chi connectivity index (χ0n) is 19.4. The first-order chi connectivity index (χ1) is 17.2. The maximum Gasteiger partial charge on any atom is 0.141 e. The van der Waals surface area contributed by atoms with E-state index in [1.54, 1.807) is 12.1 Å². The molecule has 1 aliphatic heterocycles. The van der Waals surface area contributed by atoms with Crippen LogP contribution in [0.4, 0.5) is 10.1 Å². The van der Waals surface area contributed by atoms with Crippen LogP contribution in [-0.2, 0) is 0 Å². The third-order valence-corrected chi connectivity index (χ3v) is 7.01. The molecule has 3 N–H and O–H groups in total. The summed E-state index contributed by atoms with van der Waals surface area (Å²) in [6.45, 7) is 3.40. The van der Waals surface area contributed by atoms with Crippen LogP contribution in [0.5, 0.6) is 5.75 Å². The number of piperidine rings is 1. The average Bonchev–Trinajstić information content (AvgIpc) is 2.84. The minimum Gasteiger partial charge on any atom is -0.506 e. The molecule has 0 spiro atoms. The van der Waals surface area contributed by atoms with Gasteiger partial charge in [-0.3, -0.25) is 0 Å². The largest absolute Gasteiger partial charge is 0.506 e. The number of aromatic hydroxyl groups is 1. The molecule has 6 nitrogen and oxygen atoms in total. The van der Waals surface area contributed by atoms with Crippen LogP contribution < -0.4 is 10.6 Å². The number of hydrogen-bond donors (Lipinski definition) is 2. The Bertz CT molecular complexity index is 1520. The molecule has 0 saturated carbocycles. The molecule has 1 aliphatic rings. The van der Waals surface area contributed by atoms with Crippen LogP contribution in [0.15, 0.2) is 42.5 Å². The van der Waals surface area contributed by atoms with Crippen molar-refractivity contribution < 1.29 is 9.50 Å². The second kappa shape index (κ2) is 9.55. The Kier molecular flexibility index (Phi) is 6.44. The number of benzene rings is 3. The molecule has 2 heterocycles. The summed E-state index contributed by atoms with van der Waals surface area (Å²) in [5.74, 6) is -0.984. The van der Waals surface area contributed by atoms with Crippen LogP contribution in [0, 0.1) is 24.1 Å². The van der Waals surface area contributed by atoms with Gasteiger partial charge in [-0.05, 0) is 67.8 Å². The highest BCUT2D eigenvalue weighted by atomic mass is 35.5. The summed E-state index contributed by atoms with van der Waals surface area (Å²) in [6.07, 6.45) is 1.63. The fourth-order valence-corrected chi connectivity index (χ4v) is 5.27. The minimum absolute atomic E-state index is 0.123. The molecule has 0 aliphatic carbocycles. The lowest BCUT2D eigenvalue weighted by atomic mass is 9.96. The van der Waals surface area contributed by atoms with E-state index in [4.69, 9.17) is 28.9 Å². The van der Waals surface area contributed by atoms with Crippen LogP contribution in [0.2, 0.25) is 10.0 Å². The van der Waals surface area contributed by atoms with E-state index in [2.05, 4.69) is 15.1 Å². The molecule has 5 rings (SSSR count). The fraction of sp³-hybridized carbons (Fsp3) is 0.222. The van der Waals surface area contributed by atoms with Crippen molar-refractivity contribution in [2.45, 2.75) is 25.8 Å². The maximum atomic E-state index is 14.3. The second-order valence-corrected chi connectivity index (χ2v) is 9.89. The van der Waals surface area contributed by atoms with E-state index in [0.717, 1.165) is 54.2 Å². The van der Waals surface area contributed by atoms with E-state index in [0.29, 0.717) is 21.8 Å². The van der Waals surface area contributed by atoms with E-state index >= 15 is 0 Å². The molecule has 0 radical (unpaired) electrons. The molecule has 3 aromatic carbocycles. The summed E-state index contributed by atoms with van der Waals surface area (Å²) in [5, 5.41) is 30.6. The number of phenolic OH excluding ortho intramolecular Hbond substituents is 1. The zero-order chi connectivity index (χ0) is 25.6. The number of hydrogen-bond acceptors (Lipinski definition) is 6. The molecule has 0 unspecified atom stereocenters. The van der Waals surface area contributed by atoms with Crippen molar-refractivity contribution in [3.63, 3.8) is 0 Å². The van der Waals surface area contributed by atoms with Gasteiger partial charge in [0.2, 0.25) is 0 Å². The van der Waals surface area contributed by atoms with Gasteiger partial charge in [-0.2, -0.15) is 5.26 Å². The van der Waals surface area contributed by atoms with Crippen molar-refractivity contribution in [3.8, 4) is 34.2 Å². The van der Waals surface area contributed by atoms with Gasteiger partial charge in [0.1, 0.15) is 23.3 Å². The zero-order valence-corrected chi connectivity index (χ0v) is 20.9. The number of phenols is 1. The minimum atomic E-state index is -0.649. The van der Waals surface area contributed by atoms with Gasteiger partial charge in [-0.1, -0.05) is 23.2 Å². The Morgan fingerprint density at radius 3 is 2.50 bits per heavy atom. The van der Waals surface area contributed by atoms with E-state index in [-0.39, 0.29) is 27.9 Å². The summed E-state index contributed by atoms with van der Waals surface area (Å²) in [6, 6.07) is 13.2. The summed E-state index contributed by atoms with van der Waals surface area (Å²) < 4.78 is 14.3. The molecule has 182 valence electrons. The number of nitriles is 1. The molecule has 4 aromatic rings. The topological polar surface area (TPSA) is 99.1 Å². The summed E-state index contributed by atoms with van der Waals surface area (Å²) in [4.78, 5) is 2.22. The third kappa shape index (κ3) is 4.44. The molecule has 1 saturated heterocycles. The molecule has 0 bridgehead atoms. The fourth-order valence-electron chi connectivity index (χ4n) is 4.72. The van der Waals surface area contributed by atoms with Crippen LogP contribution in [0.1, 0.15) is 24.0 Å². The second-order valence-electron chi connectivity index (χ2n) is 9.05. The number of halogens is 3.